The number of methoxy groups -OCH3 is 1. The highest BCUT2D eigenvalue weighted by Gasteiger charge is 2.32. The highest BCUT2D eigenvalue weighted by Crippen LogP contribution is 2.18. The minimum absolute atomic E-state index is 0.0629. The average molecular weight is 303 g/mol. The standard InChI is InChI=1S/C15H17N3O4/c1-21-12-7-5-11(6-8-12)18-13(15(20)22-16-18)14(19)17-9-3-2-4-10-17/h5-8H,2-4,9-10H2,1H3. The lowest BCUT2D eigenvalue weighted by atomic mass is 10.1. The molecule has 0 radical (unpaired) electrons. The molecule has 1 saturated heterocycles. The maximum atomic E-state index is 12.6. The molecule has 7 heteroatoms. The molecule has 2 heterocycles. The maximum absolute atomic E-state index is 12.6. The number of piperidine rings is 1. The largest absolute Gasteiger partial charge is 0.538 e. The van der Waals surface area contributed by atoms with Crippen molar-refractivity contribution in [3.8, 4) is 17.4 Å². The summed E-state index contributed by atoms with van der Waals surface area (Å²) in [5, 5.41) is 15.6. The number of ether oxygens (including phenoxy) is 1. The summed E-state index contributed by atoms with van der Waals surface area (Å²) in [4.78, 5) is 14.3. The highest BCUT2D eigenvalue weighted by molar-refractivity contribution is 5.92. The van der Waals surface area contributed by atoms with Crippen LogP contribution >= 0.6 is 0 Å². The lowest BCUT2D eigenvalue weighted by molar-refractivity contribution is -0.672. The van der Waals surface area contributed by atoms with Gasteiger partial charge in [-0.2, -0.15) is 0 Å². The molecule has 1 aliphatic heterocycles. The Morgan fingerprint density at radius 2 is 1.95 bits per heavy atom. The Labute approximate surface area is 127 Å². The van der Waals surface area contributed by atoms with Crippen molar-refractivity contribution in [3.05, 3.63) is 30.0 Å². The number of aromatic nitrogens is 2. The molecule has 3 rings (SSSR count). The number of benzene rings is 1. The van der Waals surface area contributed by atoms with Gasteiger partial charge in [-0.15, -0.1) is 0 Å². The molecule has 7 nitrogen and oxygen atoms in total. The van der Waals surface area contributed by atoms with Gasteiger partial charge in [0.15, 0.2) is 5.95 Å². The van der Waals surface area contributed by atoms with Crippen molar-refractivity contribution in [3.63, 3.8) is 0 Å². The number of hydrogen-bond acceptors (Lipinski definition) is 5. The third kappa shape index (κ3) is 2.61. The quantitative estimate of drug-likeness (QED) is 0.778. The second kappa shape index (κ2) is 6.05. The number of carbonyl (C=O) groups excluding carboxylic acids is 1. The van der Waals surface area contributed by atoms with Crippen molar-refractivity contribution >= 4 is 5.91 Å². The lowest BCUT2D eigenvalue weighted by Gasteiger charge is -2.25. The van der Waals surface area contributed by atoms with E-state index in [1.807, 2.05) is 0 Å². The van der Waals surface area contributed by atoms with Crippen LogP contribution < -0.4 is 14.5 Å². The van der Waals surface area contributed by atoms with E-state index in [4.69, 9.17) is 9.26 Å². The van der Waals surface area contributed by atoms with Crippen LogP contribution in [0.2, 0.25) is 0 Å². The molecule has 0 bridgehead atoms. The van der Waals surface area contributed by atoms with E-state index in [9.17, 15) is 9.90 Å². The van der Waals surface area contributed by atoms with Crippen LogP contribution in [0.3, 0.4) is 0 Å². The Morgan fingerprint density at radius 1 is 1.27 bits per heavy atom. The Kier molecular flexibility index (Phi) is 3.95. The molecule has 1 aromatic heterocycles. The minimum Gasteiger partial charge on any atom is -0.538 e. The van der Waals surface area contributed by atoms with Crippen LogP contribution in [-0.2, 0) is 0 Å². The molecule has 1 aliphatic rings. The minimum atomic E-state index is -0.716. The Balaban J connectivity index is 1.94. The van der Waals surface area contributed by atoms with Crippen molar-refractivity contribution in [1.82, 2.24) is 10.2 Å². The zero-order valence-electron chi connectivity index (χ0n) is 12.3. The molecule has 1 aromatic carbocycles. The van der Waals surface area contributed by atoms with Crippen LogP contribution in [0, 0.1) is 0 Å². The Morgan fingerprint density at radius 3 is 2.59 bits per heavy atom. The zero-order valence-corrected chi connectivity index (χ0v) is 12.3. The molecule has 0 unspecified atom stereocenters. The lowest BCUT2D eigenvalue weighted by Crippen LogP contribution is -2.45. The fourth-order valence-electron chi connectivity index (χ4n) is 2.57. The SMILES string of the molecule is COc1ccc(-[n+]2noc([O-])c2C(=O)N2CCCCC2)cc1. The van der Waals surface area contributed by atoms with Gasteiger partial charge in [0.05, 0.1) is 12.4 Å². The Bertz CT molecular complexity index is 660. The summed E-state index contributed by atoms with van der Waals surface area (Å²) in [5.41, 5.74) is 0.513. The van der Waals surface area contributed by atoms with Gasteiger partial charge in [0.2, 0.25) is 5.69 Å². The van der Waals surface area contributed by atoms with Gasteiger partial charge in [0, 0.05) is 25.2 Å². The predicted molar refractivity (Wildman–Crippen MR) is 73.8 cm³/mol. The van der Waals surface area contributed by atoms with E-state index in [1.165, 1.54) is 4.68 Å². The van der Waals surface area contributed by atoms with Crippen LogP contribution in [0.4, 0.5) is 0 Å². The van der Waals surface area contributed by atoms with Crippen LogP contribution in [-0.4, -0.2) is 36.3 Å². The summed E-state index contributed by atoms with van der Waals surface area (Å²) in [6, 6.07) is 6.90. The fraction of sp³-hybridized carbons (Fsp3) is 0.400. The third-order valence-corrected chi connectivity index (χ3v) is 3.77. The monoisotopic (exact) mass is 303 g/mol. The summed E-state index contributed by atoms with van der Waals surface area (Å²) in [5.74, 6) is -0.368. The average Bonchev–Trinajstić information content (AvgIpc) is 2.96. The summed E-state index contributed by atoms with van der Waals surface area (Å²) in [6.45, 7) is 1.32. The smallest absolute Gasteiger partial charge is 0.327 e. The highest BCUT2D eigenvalue weighted by atomic mass is 16.6. The molecular weight excluding hydrogens is 286 g/mol. The normalized spacial score (nSPS) is 14.9. The van der Waals surface area contributed by atoms with E-state index in [-0.39, 0.29) is 11.6 Å². The van der Waals surface area contributed by atoms with Crippen LogP contribution in [0.15, 0.2) is 28.8 Å². The van der Waals surface area contributed by atoms with E-state index >= 15 is 0 Å². The van der Waals surface area contributed by atoms with Gasteiger partial charge in [-0.1, -0.05) is 0 Å². The van der Waals surface area contributed by atoms with Crippen molar-refractivity contribution < 1.29 is 23.8 Å². The molecule has 0 aliphatic carbocycles. The summed E-state index contributed by atoms with van der Waals surface area (Å²) < 4.78 is 11.0. The third-order valence-electron chi connectivity index (χ3n) is 3.77. The fourth-order valence-corrected chi connectivity index (χ4v) is 2.57. The van der Waals surface area contributed by atoms with Gasteiger partial charge < -0.3 is 19.3 Å². The van der Waals surface area contributed by atoms with Gasteiger partial charge in [-0.05, 0) is 36.1 Å². The number of likely N-dealkylation sites (tertiary alicyclic amines) is 1. The molecule has 0 saturated carbocycles. The molecule has 0 N–H and O–H groups in total. The maximum Gasteiger partial charge on any atom is 0.327 e. The van der Waals surface area contributed by atoms with E-state index in [1.54, 1.807) is 36.3 Å². The summed E-state index contributed by atoms with van der Waals surface area (Å²) in [6.07, 6.45) is 3.01. The van der Waals surface area contributed by atoms with E-state index < -0.39 is 5.95 Å². The van der Waals surface area contributed by atoms with Crippen LogP contribution in [0.25, 0.3) is 5.69 Å². The second-order valence-electron chi connectivity index (χ2n) is 5.17. The predicted octanol–water partition coefficient (Wildman–Crippen LogP) is 0.660. The van der Waals surface area contributed by atoms with E-state index in [0.717, 1.165) is 19.3 Å². The first-order valence-electron chi connectivity index (χ1n) is 7.23. The first-order valence-corrected chi connectivity index (χ1v) is 7.23. The number of rotatable bonds is 3. The zero-order chi connectivity index (χ0) is 15.5. The van der Waals surface area contributed by atoms with Gasteiger partial charge >= 0.3 is 11.6 Å². The van der Waals surface area contributed by atoms with Gasteiger partial charge in [-0.25, -0.2) is 0 Å². The van der Waals surface area contributed by atoms with Crippen LogP contribution in [0.5, 0.6) is 11.7 Å². The molecule has 2 aromatic rings. The van der Waals surface area contributed by atoms with Gasteiger partial charge in [0.25, 0.3) is 0 Å². The topological polar surface area (TPSA) is 82.5 Å². The van der Waals surface area contributed by atoms with Crippen molar-refractivity contribution in [2.24, 2.45) is 0 Å². The summed E-state index contributed by atoms with van der Waals surface area (Å²) >= 11 is 0. The molecular formula is C15H17N3O4. The van der Waals surface area contributed by atoms with E-state index in [2.05, 4.69) is 5.27 Å². The van der Waals surface area contributed by atoms with Gasteiger partial charge in [-0.3, -0.25) is 4.79 Å². The number of amides is 1. The first kappa shape index (κ1) is 14.4. The van der Waals surface area contributed by atoms with E-state index in [0.29, 0.717) is 24.5 Å². The second-order valence-corrected chi connectivity index (χ2v) is 5.17. The molecule has 0 spiro atoms. The molecule has 116 valence electrons. The number of carbonyl (C=O) groups is 1. The molecule has 1 amide bonds. The molecule has 22 heavy (non-hydrogen) atoms. The number of nitrogens with zero attached hydrogens (tertiary/aromatic N) is 3. The number of hydrogen-bond donors (Lipinski definition) is 0. The molecule has 0 atom stereocenters. The first-order chi connectivity index (χ1) is 10.7. The van der Waals surface area contributed by atoms with Gasteiger partial charge in [0.1, 0.15) is 5.75 Å². The van der Waals surface area contributed by atoms with Crippen molar-refractivity contribution in [1.29, 1.82) is 0 Å². The van der Waals surface area contributed by atoms with Crippen molar-refractivity contribution in [2.75, 3.05) is 20.2 Å². The summed E-state index contributed by atoms with van der Waals surface area (Å²) in [7, 11) is 1.57. The molecule has 1 fully saturated rings. The Hall–Kier alpha value is -2.57. The van der Waals surface area contributed by atoms with Crippen molar-refractivity contribution in [2.45, 2.75) is 19.3 Å². The van der Waals surface area contributed by atoms with Crippen LogP contribution in [0.1, 0.15) is 29.8 Å².